The second-order valence-corrected chi connectivity index (χ2v) is 5.13. The van der Waals surface area contributed by atoms with Crippen LogP contribution in [0, 0.1) is 0 Å². The number of nitrogens with zero attached hydrogens (tertiary/aromatic N) is 1. The molecule has 1 N–H and O–H groups in total. The Kier molecular flexibility index (Phi) is 4.07. The van der Waals surface area contributed by atoms with Gasteiger partial charge < -0.3 is 14.6 Å². The Morgan fingerprint density at radius 1 is 1.37 bits per heavy atom. The van der Waals surface area contributed by atoms with Gasteiger partial charge in [-0.1, -0.05) is 12.1 Å². The van der Waals surface area contributed by atoms with Gasteiger partial charge in [0.1, 0.15) is 12.4 Å². The van der Waals surface area contributed by atoms with E-state index in [1.54, 1.807) is 7.11 Å². The Balaban J connectivity index is 1.78. The van der Waals surface area contributed by atoms with Gasteiger partial charge in [0.05, 0.1) is 12.7 Å². The summed E-state index contributed by atoms with van der Waals surface area (Å²) in [5.74, 6) is -0.0724. The van der Waals surface area contributed by atoms with Crippen LogP contribution in [0.4, 0.5) is 0 Å². The van der Waals surface area contributed by atoms with Gasteiger partial charge in [-0.3, -0.25) is 4.90 Å². The van der Waals surface area contributed by atoms with Gasteiger partial charge in [-0.05, 0) is 24.6 Å². The molecular weight excluding hydrogens is 246 g/mol. The van der Waals surface area contributed by atoms with E-state index < -0.39 is 5.97 Å². The summed E-state index contributed by atoms with van der Waals surface area (Å²) in [5.41, 5.74) is 0.881. The number of rotatable bonds is 6. The van der Waals surface area contributed by atoms with Crippen molar-refractivity contribution >= 4 is 5.97 Å². The highest BCUT2D eigenvalue weighted by Gasteiger charge is 2.39. The van der Waals surface area contributed by atoms with Crippen LogP contribution in [-0.2, 0) is 16.1 Å². The van der Waals surface area contributed by atoms with Crippen LogP contribution in [0.25, 0.3) is 0 Å². The minimum atomic E-state index is -0.921. The molecule has 0 amide bonds. The molecule has 19 heavy (non-hydrogen) atoms. The maximum Gasteiger partial charge on any atom is 0.329 e. The Bertz CT molecular complexity index is 437. The molecular formula is C14H19NO4. The van der Waals surface area contributed by atoms with Crippen molar-refractivity contribution in [1.82, 2.24) is 4.90 Å². The zero-order chi connectivity index (χ0) is 13.9. The lowest BCUT2D eigenvalue weighted by molar-refractivity contribution is -0.165. The quantitative estimate of drug-likeness (QED) is 0.842. The van der Waals surface area contributed by atoms with Crippen LogP contribution in [0.3, 0.4) is 0 Å². The summed E-state index contributed by atoms with van der Waals surface area (Å²) in [5, 5.41) is 8.60. The first-order chi connectivity index (χ1) is 9.00. The van der Waals surface area contributed by atoms with Gasteiger partial charge in [-0.2, -0.15) is 0 Å². The number of hydrogen-bond donors (Lipinski definition) is 1. The Labute approximate surface area is 112 Å². The van der Waals surface area contributed by atoms with E-state index in [9.17, 15) is 4.79 Å². The van der Waals surface area contributed by atoms with Crippen LogP contribution < -0.4 is 4.74 Å². The predicted molar refractivity (Wildman–Crippen MR) is 70.3 cm³/mol. The molecule has 1 heterocycles. The molecule has 1 aromatic rings. The summed E-state index contributed by atoms with van der Waals surface area (Å²) >= 11 is 0. The van der Waals surface area contributed by atoms with Gasteiger partial charge in [0, 0.05) is 19.6 Å². The van der Waals surface area contributed by atoms with Crippen molar-refractivity contribution in [2.45, 2.75) is 19.1 Å². The molecule has 0 aliphatic carbocycles. The average Bonchev–Trinajstić information content (AvgIpc) is 2.35. The molecule has 0 aromatic heterocycles. The van der Waals surface area contributed by atoms with E-state index in [1.165, 1.54) is 5.56 Å². The number of methoxy groups -OCH3 is 1. The number of hydrogen-bond acceptors (Lipinski definition) is 4. The molecule has 104 valence electrons. The third-order valence-corrected chi connectivity index (χ3v) is 3.23. The second-order valence-electron chi connectivity index (χ2n) is 5.13. The number of benzene rings is 1. The fraction of sp³-hybridized carbons (Fsp3) is 0.500. The fourth-order valence-corrected chi connectivity index (χ4v) is 2.33. The lowest BCUT2D eigenvalue weighted by Crippen LogP contribution is -2.61. The normalized spacial score (nSPS) is 17.8. The summed E-state index contributed by atoms with van der Waals surface area (Å²) in [6.07, 6.45) is 0. The second kappa shape index (κ2) is 5.59. The van der Waals surface area contributed by atoms with Crippen LogP contribution in [-0.4, -0.2) is 48.4 Å². The van der Waals surface area contributed by atoms with E-state index in [0.717, 1.165) is 25.4 Å². The first kappa shape index (κ1) is 13.8. The van der Waals surface area contributed by atoms with E-state index >= 15 is 0 Å². The zero-order valence-corrected chi connectivity index (χ0v) is 11.3. The number of aliphatic carboxylic acids is 1. The first-order valence-electron chi connectivity index (χ1n) is 6.22. The molecule has 1 fully saturated rings. The summed E-state index contributed by atoms with van der Waals surface area (Å²) in [6.45, 7) is 4.07. The zero-order valence-electron chi connectivity index (χ0n) is 11.3. The summed E-state index contributed by atoms with van der Waals surface area (Å²) in [6, 6.07) is 7.95. The number of carboxylic acid groups (broad SMARTS) is 1. The molecule has 1 aliphatic heterocycles. The van der Waals surface area contributed by atoms with Crippen LogP contribution in [0.1, 0.15) is 12.5 Å². The van der Waals surface area contributed by atoms with Crippen LogP contribution in [0.2, 0.25) is 0 Å². The molecule has 0 radical (unpaired) electrons. The van der Waals surface area contributed by atoms with E-state index in [-0.39, 0.29) is 12.2 Å². The number of carboxylic acids is 1. The highest BCUT2D eigenvalue weighted by atomic mass is 16.5. The lowest BCUT2D eigenvalue weighted by atomic mass is 9.95. The Morgan fingerprint density at radius 3 is 2.53 bits per heavy atom. The largest absolute Gasteiger partial charge is 0.497 e. The standard InChI is InChI=1S/C14H19NO4/c1-14(19-8-13(16)17)9-15(10-14)7-11-3-5-12(18-2)6-4-11/h3-6H,7-10H2,1-2H3,(H,16,17). The van der Waals surface area contributed by atoms with Gasteiger partial charge in [0.25, 0.3) is 0 Å². The average molecular weight is 265 g/mol. The molecule has 0 unspecified atom stereocenters. The van der Waals surface area contributed by atoms with Gasteiger partial charge >= 0.3 is 5.97 Å². The third-order valence-electron chi connectivity index (χ3n) is 3.23. The molecule has 5 heteroatoms. The minimum absolute atomic E-state index is 0.229. The van der Waals surface area contributed by atoms with Crippen LogP contribution in [0.15, 0.2) is 24.3 Å². The molecule has 1 saturated heterocycles. The van der Waals surface area contributed by atoms with E-state index in [1.807, 2.05) is 31.2 Å². The van der Waals surface area contributed by atoms with Crippen LogP contribution in [0.5, 0.6) is 5.75 Å². The van der Waals surface area contributed by atoms with Gasteiger partial charge in [0.2, 0.25) is 0 Å². The van der Waals surface area contributed by atoms with E-state index in [4.69, 9.17) is 14.6 Å². The van der Waals surface area contributed by atoms with Gasteiger partial charge in [-0.25, -0.2) is 4.79 Å². The van der Waals surface area contributed by atoms with E-state index in [2.05, 4.69) is 4.90 Å². The molecule has 2 rings (SSSR count). The van der Waals surface area contributed by atoms with Crippen molar-refractivity contribution in [1.29, 1.82) is 0 Å². The van der Waals surface area contributed by atoms with Crippen molar-refractivity contribution in [3.8, 4) is 5.75 Å². The SMILES string of the molecule is COc1ccc(CN2CC(C)(OCC(=O)O)C2)cc1. The maximum absolute atomic E-state index is 10.5. The Morgan fingerprint density at radius 2 is 2.00 bits per heavy atom. The fourth-order valence-electron chi connectivity index (χ4n) is 2.33. The highest BCUT2D eigenvalue weighted by Crippen LogP contribution is 2.26. The van der Waals surface area contributed by atoms with Gasteiger partial charge in [-0.15, -0.1) is 0 Å². The highest BCUT2D eigenvalue weighted by molar-refractivity contribution is 5.68. The topological polar surface area (TPSA) is 59.0 Å². The first-order valence-corrected chi connectivity index (χ1v) is 6.22. The van der Waals surface area contributed by atoms with Crippen molar-refractivity contribution in [3.63, 3.8) is 0 Å². The molecule has 0 saturated carbocycles. The van der Waals surface area contributed by atoms with Crippen LogP contribution >= 0.6 is 0 Å². The maximum atomic E-state index is 10.5. The third kappa shape index (κ3) is 3.68. The monoisotopic (exact) mass is 265 g/mol. The summed E-state index contributed by atoms with van der Waals surface area (Å²) in [4.78, 5) is 12.7. The van der Waals surface area contributed by atoms with Crippen molar-refractivity contribution in [3.05, 3.63) is 29.8 Å². The minimum Gasteiger partial charge on any atom is -0.497 e. The smallest absolute Gasteiger partial charge is 0.329 e. The van der Waals surface area contributed by atoms with Gasteiger partial charge in [0.15, 0.2) is 0 Å². The Hall–Kier alpha value is -1.59. The molecule has 1 aromatic carbocycles. The van der Waals surface area contributed by atoms with Crippen molar-refractivity contribution < 1.29 is 19.4 Å². The lowest BCUT2D eigenvalue weighted by Gasteiger charge is -2.47. The number of ether oxygens (including phenoxy) is 2. The molecule has 0 spiro atoms. The van der Waals surface area contributed by atoms with Crippen molar-refractivity contribution in [2.75, 3.05) is 26.8 Å². The van der Waals surface area contributed by atoms with E-state index in [0.29, 0.717) is 0 Å². The summed E-state index contributed by atoms with van der Waals surface area (Å²) < 4.78 is 10.5. The number of likely N-dealkylation sites (tertiary alicyclic amines) is 1. The summed E-state index contributed by atoms with van der Waals surface area (Å²) in [7, 11) is 1.65. The van der Waals surface area contributed by atoms with Crippen molar-refractivity contribution in [2.24, 2.45) is 0 Å². The molecule has 0 atom stereocenters. The predicted octanol–water partition coefficient (Wildman–Crippen LogP) is 1.37. The molecule has 1 aliphatic rings. The molecule has 5 nitrogen and oxygen atoms in total. The number of carbonyl (C=O) groups is 1. The molecule has 0 bridgehead atoms.